The van der Waals surface area contributed by atoms with Gasteiger partial charge < -0.3 is 23.8 Å². The van der Waals surface area contributed by atoms with E-state index in [2.05, 4.69) is 6.07 Å². The smallest absolute Gasteiger partial charge is 0.409 e. The van der Waals surface area contributed by atoms with Gasteiger partial charge in [0.05, 0.1) is 25.9 Å². The minimum absolute atomic E-state index is 0.240. The van der Waals surface area contributed by atoms with Crippen molar-refractivity contribution in [3.05, 3.63) is 53.6 Å². The number of esters is 1. The molecule has 0 N–H and O–H groups in total. The number of piperidine rings is 1. The molecule has 2 aliphatic rings. The Bertz CT molecular complexity index is 934. The van der Waals surface area contributed by atoms with Crippen LogP contribution in [0, 0.1) is 5.92 Å². The molecule has 1 fully saturated rings. The van der Waals surface area contributed by atoms with Crippen molar-refractivity contribution in [3.63, 3.8) is 0 Å². The number of carbonyl (C=O) groups is 2. The highest BCUT2D eigenvalue weighted by molar-refractivity contribution is 5.90. The maximum atomic E-state index is 11.9. The SMILES string of the molecule is CCOC(=O)N1CCC(C2OCc3cc(-c4ccc(C(=O)OC)cc4)ccc3O2)CC1. The van der Waals surface area contributed by atoms with Crippen molar-refractivity contribution in [1.82, 2.24) is 4.90 Å². The van der Waals surface area contributed by atoms with Gasteiger partial charge in [-0.25, -0.2) is 9.59 Å². The van der Waals surface area contributed by atoms with Crippen molar-refractivity contribution < 1.29 is 28.5 Å². The predicted molar refractivity (Wildman–Crippen MR) is 114 cm³/mol. The molecule has 0 saturated carbocycles. The van der Waals surface area contributed by atoms with Crippen molar-refractivity contribution in [2.75, 3.05) is 26.8 Å². The standard InChI is InChI=1S/C24H27NO6/c1-3-29-24(27)25-12-10-18(11-13-25)23-30-15-20-14-19(8-9-21(20)31-23)16-4-6-17(7-5-16)22(26)28-2/h4-9,14,18,23H,3,10-13,15H2,1-2H3. The molecule has 1 amide bonds. The molecule has 0 radical (unpaired) electrons. The fourth-order valence-corrected chi connectivity index (χ4v) is 4.04. The molecule has 2 aromatic carbocycles. The van der Waals surface area contributed by atoms with E-state index in [9.17, 15) is 9.59 Å². The zero-order valence-corrected chi connectivity index (χ0v) is 17.8. The Morgan fingerprint density at radius 3 is 2.45 bits per heavy atom. The zero-order valence-electron chi connectivity index (χ0n) is 17.8. The van der Waals surface area contributed by atoms with Crippen LogP contribution < -0.4 is 4.74 Å². The molecule has 7 heteroatoms. The van der Waals surface area contributed by atoms with Crippen molar-refractivity contribution in [2.45, 2.75) is 32.7 Å². The lowest BCUT2D eigenvalue weighted by molar-refractivity contribution is -0.148. The fraction of sp³-hybridized carbons (Fsp3) is 0.417. The second-order valence-corrected chi connectivity index (χ2v) is 7.71. The van der Waals surface area contributed by atoms with Crippen molar-refractivity contribution >= 4 is 12.1 Å². The molecule has 0 aliphatic carbocycles. The first-order valence-corrected chi connectivity index (χ1v) is 10.6. The quantitative estimate of drug-likeness (QED) is 0.682. The van der Waals surface area contributed by atoms with E-state index >= 15 is 0 Å². The number of hydrogen-bond donors (Lipinski definition) is 0. The van der Waals surface area contributed by atoms with Gasteiger partial charge in [-0.2, -0.15) is 0 Å². The van der Waals surface area contributed by atoms with Gasteiger partial charge in [-0.1, -0.05) is 18.2 Å². The Labute approximate surface area is 181 Å². The first kappa shape index (κ1) is 21.2. The summed E-state index contributed by atoms with van der Waals surface area (Å²) >= 11 is 0. The van der Waals surface area contributed by atoms with Crippen LogP contribution in [0.5, 0.6) is 5.75 Å². The van der Waals surface area contributed by atoms with E-state index in [0.717, 1.165) is 35.3 Å². The molecule has 2 aromatic rings. The molecular weight excluding hydrogens is 398 g/mol. The summed E-state index contributed by atoms with van der Waals surface area (Å²) in [5.41, 5.74) is 3.55. The molecule has 1 saturated heterocycles. The van der Waals surface area contributed by atoms with Crippen molar-refractivity contribution in [3.8, 4) is 16.9 Å². The Kier molecular flexibility index (Phi) is 6.42. The normalized spacial score (nSPS) is 18.6. The number of methoxy groups -OCH3 is 1. The zero-order chi connectivity index (χ0) is 21.8. The van der Waals surface area contributed by atoms with Gasteiger partial charge in [0, 0.05) is 24.6 Å². The Morgan fingerprint density at radius 2 is 1.77 bits per heavy atom. The van der Waals surface area contributed by atoms with Crippen LogP contribution in [0.15, 0.2) is 42.5 Å². The highest BCUT2D eigenvalue weighted by Gasteiger charge is 2.33. The van der Waals surface area contributed by atoms with Crippen LogP contribution in [0.4, 0.5) is 4.79 Å². The monoisotopic (exact) mass is 425 g/mol. The van der Waals surface area contributed by atoms with Crippen LogP contribution in [-0.2, 0) is 20.8 Å². The molecule has 31 heavy (non-hydrogen) atoms. The summed E-state index contributed by atoms with van der Waals surface area (Å²) in [7, 11) is 1.37. The van der Waals surface area contributed by atoms with Gasteiger partial charge in [0.2, 0.25) is 6.29 Å². The maximum absolute atomic E-state index is 11.9. The number of amides is 1. The maximum Gasteiger partial charge on any atom is 0.409 e. The van der Waals surface area contributed by atoms with E-state index < -0.39 is 0 Å². The summed E-state index contributed by atoms with van der Waals surface area (Å²) in [6.45, 7) is 3.99. The van der Waals surface area contributed by atoms with Gasteiger partial charge in [0.15, 0.2) is 0 Å². The van der Waals surface area contributed by atoms with Crippen molar-refractivity contribution in [2.24, 2.45) is 5.92 Å². The van der Waals surface area contributed by atoms with Gasteiger partial charge in [0.1, 0.15) is 5.75 Å². The molecule has 2 aliphatic heterocycles. The lowest BCUT2D eigenvalue weighted by Crippen LogP contribution is -2.44. The topological polar surface area (TPSA) is 74.3 Å². The summed E-state index contributed by atoms with van der Waals surface area (Å²) in [5.74, 6) is 0.723. The molecule has 4 rings (SSSR count). The average molecular weight is 425 g/mol. The fourth-order valence-electron chi connectivity index (χ4n) is 4.04. The second-order valence-electron chi connectivity index (χ2n) is 7.71. The lowest BCUT2D eigenvalue weighted by Gasteiger charge is -2.37. The Morgan fingerprint density at radius 1 is 1.06 bits per heavy atom. The number of hydrogen-bond acceptors (Lipinski definition) is 6. The number of benzene rings is 2. The number of ether oxygens (including phenoxy) is 4. The number of nitrogens with zero attached hydrogens (tertiary/aromatic N) is 1. The molecule has 0 bridgehead atoms. The van der Waals surface area contributed by atoms with E-state index in [1.165, 1.54) is 7.11 Å². The van der Waals surface area contributed by atoms with Crippen LogP contribution in [0.3, 0.4) is 0 Å². The average Bonchev–Trinajstić information content (AvgIpc) is 2.83. The summed E-state index contributed by atoms with van der Waals surface area (Å²) in [5, 5.41) is 0. The number of carbonyl (C=O) groups excluding carboxylic acids is 2. The lowest BCUT2D eigenvalue weighted by atomic mass is 9.95. The second kappa shape index (κ2) is 9.39. The molecule has 1 atom stereocenters. The first-order chi connectivity index (χ1) is 15.1. The summed E-state index contributed by atoms with van der Waals surface area (Å²) in [6, 6.07) is 13.4. The molecular formula is C24H27NO6. The minimum atomic E-state index is -0.349. The highest BCUT2D eigenvalue weighted by atomic mass is 16.7. The first-order valence-electron chi connectivity index (χ1n) is 10.6. The van der Waals surface area contributed by atoms with E-state index in [-0.39, 0.29) is 24.3 Å². The predicted octanol–water partition coefficient (Wildman–Crippen LogP) is 4.24. The van der Waals surface area contributed by atoms with Gasteiger partial charge in [-0.15, -0.1) is 0 Å². The molecule has 0 spiro atoms. The number of fused-ring (bicyclic) bond motifs is 1. The van der Waals surface area contributed by atoms with Gasteiger partial charge in [-0.3, -0.25) is 0 Å². The van der Waals surface area contributed by atoms with Crippen LogP contribution >= 0.6 is 0 Å². The molecule has 1 unspecified atom stereocenters. The van der Waals surface area contributed by atoms with E-state index in [1.54, 1.807) is 17.0 Å². The Balaban J connectivity index is 1.39. The molecule has 2 heterocycles. The van der Waals surface area contributed by atoms with Crippen LogP contribution in [0.25, 0.3) is 11.1 Å². The summed E-state index contributed by atoms with van der Waals surface area (Å²) < 4.78 is 22.0. The molecule has 7 nitrogen and oxygen atoms in total. The van der Waals surface area contributed by atoms with Crippen molar-refractivity contribution in [1.29, 1.82) is 0 Å². The number of rotatable bonds is 4. The third kappa shape index (κ3) is 4.66. The van der Waals surface area contributed by atoms with E-state index in [1.807, 2.05) is 31.2 Å². The van der Waals surface area contributed by atoms with Gasteiger partial charge in [0.25, 0.3) is 0 Å². The summed E-state index contributed by atoms with van der Waals surface area (Å²) in [6.07, 6.45) is 1.10. The third-order valence-corrected chi connectivity index (χ3v) is 5.80. The number of likely N-dealkylation sites (tertiary alicyclic amines) is 1. The van der Waals surface area contributed by atoms with Crippen LogP contribution in [-0.4, -0.2) is 50.1 Å². The minimum Gasteiger partial charge on any atom is -0.465 e. The van der Waals surface area contributed by atoms with Gasteiger partial charge in [-0.05, 0) is 55.2 Å². The van der Waals surface area contributed by atoms with Gasteiger partial charge >= 0.3 is 12.1 Å². The highest BCUT2D eigenvalue weighted by Crippen LogP contribution is 2.35. The third-order valence-electron chi connectivity index (χ3n) is 5.80. The Hall–Kier alpha value is -3.06. The summed E-state index contributed by atoms with van der Waals surface area (Å²) in [4.78, 5) is 25.2. The largest absolute Gasteiger partial charge is 0.465 e. The van der Waals surface area contributed by atoms with Crippen LogP contribution in [0.1, 0.15) is 35.7 Å². The van der Waals surface area contributed by atoms with E-state index in [0.29, 0.717) is 31.9 Å². The van der Waals surface area contributed by atoms with Crippen LogP contribution in [0.2, 0.25) is 0 Å². The van der Waals surface area contributed by atoms with E-state index in [4.69, 9.17) is 18.9 Å². The molecule has 0 aromatic heterocycles. The molecule has 164 valence electrons.